The van der Waals surface area contributed by atoms with E-state index in [0.29, 0.717) is 26.1 Å². The first-order valence-corrected chi connectivity index (χ1v) is 7.91. The van der Waals surface area contributed by atoms with E-state index in [2.05, 4.69) is 0 Å². The summed E-state index contributed by atoms with van der Waals surface area (Å²) in [5, 5.41) is 18.7. The Morgan fingerprint density at radius 2 is 1.86 bits per heavy atom. The molecule has 2 amide bonds. The number of aliphatic hydroxyl groups is 1. The molecule has 3 atom stereocenters. The topological polar surface area (TPSA) is 81.1 Å². The van der Waals surface area contributed by atoms with Gasteiger partial charge in [0.25, 0.3) is 0 Å². The Bertz CT molecular complexity index is 388. The second-order valence-electron chi connectivity index (χ2n) is 6.45. The highest BCUT2D eigenvalue weighted by Crippen LogP contribution is 2.24. The molecular formula is C15H26N2O4. The second kappa shape index (κ2) is 7.11. The van der Waals surface area contributed by atoms with Crippen LogP contribution in [-0.4, -0.2) is 64.3 Å². The van der Waals surface area contributed by atoms with E-state index in [1.807, 2.05) is 11.8 Å². The molecule has 0 aromatic carbocycles. The van der Waals surface area contributed by atoms with Gasteiger partial charge in [-0.1, -0.05) is 6.92 Å². The van der Waals surface area contributed by atoms with Crippen molar-refractivity contribution in [3.8, 4) is 0 Å². The van der Waals surface area contributed by atoms with Gasteiger partial charge in [0.2, 0.25) is 0 Å². The molecule has 2 N–H and O–H groups in total. The lowest BCUT2D eigenvalue weighted by atomic mass is 9.93. The van der Waals surface area contributed by atoms with Crippen molar-refractivity contribution in [2.75, 3.05) is 26.2 Å². The Morgan fingerprint density at radius 3 is 2.52 bits per heavy atom. The van der Waals surface area contributed by atoms with Crippen LogP contribution in [0.15, 0.2) is 0 Å². The number of aliphatic carboxylic acids is 1. The second-order valence-corrected chi connectivity index (χ2v) is 6.45. The molecular weight excluding hydrogens is 272 g/mol. The Kier molecular flexibility index (Phi) is 5.45. The van der Waals surface area contributed by atoms with Gasteiger partial charge < -0.3 is 20.0 Å². The van der Waals surface area contributed by atoms with Crippen LogP contribution in [-0.2, 0) is 4.79 Å². The van der Waals surface area contributed by atoms with E-state index in [9.17, 15) is 14.7 Å². The quantitative estimate of drug-likeness (QED) is 0.825. The van der Waals surface area contributed by atoms with Gasteiger partial charge in [-0.15, -0.1) is 0 Å². The van der Waals surface area contributed by atoms with E-state index in [4.69, 9.17) is 5.11 Å². The maximum atomic E-state index is 12.5. The van der Waals surface area contributed by atoms with Crippen LogP contribution in [0.4, 0.5) is 4.79 Å². The van der Waals surface area contributed by atoms with Crippen molar-refractivity contribution in [2.24, 2.45) is 11.8 Å². The van der Waals surface area contributed by atoms with Gasteiger partial charge in [-0.25, -0.2) is 4.79 Å². The van der Waals surface area contributed by atoms with Crippen LogP contribution in [0.3, 0.4) is 0 Å². The summed E-state index contributed by atoms with van der Waals surface area (Å²) < 4.78 is 0. The number of hydrogen-bond acceptors (Lipinski definition) is 3. The molecule has 0 saturated carbocycles. The number of hydrogen-bond donors (Lipinski definition) is 2. The minimum absolute atomic E-state index is 0.000903. The Balaban J connectivity index is 1.85. The fraction of sp³-hybridized carbons (Fsp3) is 0.867. The molecule has 0 aromatic rings. The first-order valence-electron chi connectivity index (χ1n) is 7.91. The largest absolute Gasteiger partial charge is 0.481 e. The predicted octanol–water partition coefficient (Wildman–Crippen LogP) is 1.39. The third-order valence-electron chi connectivity index (χ3n) is 4.75. The molecule has 2 rings (SSSR count). The molecule has 2 aliphatic heterocycles. The fourth-order valence-corrected chi connectivity index (χ4v) is 3.22. The van der Waals surface area contributed by atoms with Gasteiger partial charge in [0.1, 0.15) is 0 Å². The summed E-state index contributed by atoms with van der Waals surface area (Å²) in [6, 6.07) is 0.000903. The number of β-amino-alcohol motifs (C(OH)–C–C–N with tert-alkyl or cyclic N) is 1. The van der Waals surface area contributed by atoms with Gasteiger partial charge >= 0.3 is 12.0 Å². The van der Waals surface area contributed by atoms with Gasteiger partial charge in [0, 0.05) is 32.6 Å². The van der Waals surface area contributed by atoms with Crippen LogP contribution >= 0.6 is 0 Å². The van der Waals surface area contributed by atoms with Crippen LogP contribution in [0.2, 0.25) is 0 Å². The van der Waals surface area contributed by atoms with Crippen LogP contribution in [0.5, 0.6) is 0 Å². The van der Waals surface area contributed by atoms with Crippen molar-refractivity contribution >= 4 is 12.0 Å². The molecule has 2 saturated heterocycles. The van der Waals surface area contributed by atoms with Crippen LogP contribution in [0.1, 0.15) is 39.0 Å². The number of carbonyl (C=O) groups excluding carboxylic acids is 1. The molecule has 2 heterocycles. The molecule has 2 fully saturated rings. The molecule has 0 bridgehead atoms. The summed E-state index contributed by atoms with van der Waals surface area (Å²) in [7, 11) is 0. The zero-order valence-electron chi connectivity index (χ0n) is 12.7. The highest BCUT2D eigenvalue weighted by molar-refractivity contribution is 5.74. The lowest BCUT2D eigenvalue weighted by Gasteiger charge is -2.40. The van der Waals surface area contributed by atoms with Crippen LogP contribution in [0, 0.1) is 11.8 Å². The van der Waals surface area contributed by atoms with Gasteiger partial charge in [-0.05, 0) is 37.5 Å². The van der Waals surface area contributed by atoms with E-state index in [1.54, 1.807) is 4.90 Å². The smallest absolute Gasteiger partial charge is 0.320 e. The van der Waals surface area contributed by atoms with E-state index >= 15 is 0 Å². The molecule has 120 valence electrons. The number of carboxylic acid groups (broad SMARTS) is 1. The zero-order valence-corrected chi connectivity index (χ0v) is 12.7. The number of carbonyl (C=O) groups is 2. The molecule has 3 unspecified atom stereocenters. The number of carboxylic acids is 1. The standard InChI is InChI=1S/C15H26N2O4/c1-11-6-8-17(10-13(11)18)15(21)16-7-2-3-12(9-16)4-5-14(19)20/h11-13,18H,2-10H2,1H3,(H,19,20). The van der Waals surface area contributed by atoms with E-state index in [1.165, 1.54) is 0 Å². The number of likely N-dealkylation sites (tertiary alicyclic amines) is 2. The monoisotopic (exact) mass is 298 g/mol. The maximum absolute atomic E-state index is 12.5. The van der Waals surface area contributed by atoms with Gasteiger partial charge in [-0.2, -0.15) is 0 Å². The lowest BCUT2D eigenvalue weighted by Crippen LogP contribution is -2.53. The third-order valence-corrected chi connectivity index (χ3v) is 4.75. The highest BCUT2D eigenvalue weighted by Gasteiger charge is 2.32. The average molecular weight is 298 g/mol. The van der Waals surface area contributed by atoms with Crippen molar-refractivity contribution in [3.63, 3.8) is 0 Å². The fourth-order valence-electron chi connectivity index (χ4n) is 3.22. The zero-order chi connectivity index (χ0) is 15.4. The number of piperidine rings is 2. The van der Waals surface area contributed by atoms with E-state index < -0.39 is 12.1 Å². The van der Waals surface area contributed by atoms with Crippen molar-refractivity contribution in [2.45, 2.75) is 45.1 Å². The van der Waals surface area contributed by atoms with Crippen molar-refractivity contribution < 1.29 is 19.8 Å². The molecule has 0 aliphatic carbocycles. The summed E-state index contributed by atoms with van der Waals surface area (Å²) in [5.41, 5.74) is 0. The number of urea groups is 1. The molecule has 0 spiro atoms. The minimum Gasteiger partial charge on any atom is -0.481 e. The first kappa shape index (κ1) is 16.1. The normalized spacial score (nSPS) is 30.3. The maximum Gasteiger partial charge on any atom is 0.320 e. The summed E-state index contributed by atoms with van der Waals surface area (Å²) in [4.78, 5) is 26.7. The Hall–Kier alpha value is -1.30. The molecule has 21 heavy (non-hydrogen) atoms. The van der Waals surface area contributed by atoms with E-state index in [0.717, 1.165) is 25.8 Å². The minimum atomic E-state index is -0.772. The van der Waals surface area contributed by atoms with Gasteiger partial charge in [0.15, 0.2) is 0 Å². The molecule has 6 nitrogen and oxygen atoms in total. The number of amides is 2. The van der Waals surface area contributed by atoms with Crippen LogP contribution in [0.25, 0.3) is 0 Å². The Morgan fingerprint density at radius 1 is 1.14 bits per heavy atom. The molecule has 0 aromatic heterocycles. The van der Waals surface area contributed by atoms with E-state index in [-0.39, 0.29) is 24.3 Å². The van der Waals surface area contributed by atoms with Crippen molar-refractivity contribution in [1.29, 1.82) is 0 Å². The van der Waals surface area contributed by atoms with Gasteiger partial charge in [0.05, 0.1) is 6.10 Å². The SMILES string of the molecule is CC1CCN(C(=O)N2CCCC(CCC(=O)O)C2)CC1O. The summed E-state index contributed by atoms with van der Waals surface area (Å²) in [6.45, 7) is 4.51. The predicted molar refractivity (Wildman–Crippen MR) is 77.9 cm³/mol. The summed E-state index contributed by atoms with van der Waals surface area (Å²) >= 11 is 0. The average Bonchev–Trinajstić information content (AvgIpc) is 2.47. The summed E-state index contributed by atoms with van der Waals surface area (Å²) in [6.07, 6.45) is 3.14. The molecule has 0 radical (unpaired) electrons. The lowest BCUT2D eigenvalue weighted by molar-refractivity contribution is -0.137. The molecule has 2 aliphatic rings. The third kappa shape index (κ3) is 4.33. The van der Waals surface area contributed by atoms with Gasteiger partial charge in [-0.3, -0.25) is 4.79 Å². The summed E-state index contributed by atoms with van der Waals surface area (Å²) in [5.74, 6) is -0.238. The number of nitrogens with zero attached hydrogens (tertiary/aromatic N) is 2. The highest BCUT2D eigenvalue weighted by atomic mass is 16.4. The number of aliphatic hydroxyl groups excluding tert-OH is 1. The first-order chi connectivity index (χ1) is 9.97. The Labute approximate surface area is 125 Å². The van der Waals surface area contributed by atoms with Crippen molar-refractivity contribution in [3.05, 3.63) is 0 Å². The van der Waals surface area contributed by atoms with Crippen molar-refractivity contribution in [1.82, 2.24) is 9.80 Å². The number of rotatable bonds is 3. The van der Waals surface area contributed by atoms with Crippen LogP contribution < -0.4 is 0 Å². The molecule has 6 heteroatoms.